The summed E-state index contributed by atoms with van der Waals surface area (Å²) in [5, 5.41) is 4.04. The molecule has 0 N–H and O–H groups in total. The van der Waals surface area contributed by atoms with Gasteiger partial charge in [-0.25, -0.2) is 0 Å². The Morgan fingerprint density at radius 1 is 1.16 bits per heavy atom. The molecule has 1 amide bonds. The fourth-order valence-corrected chi connectivity index (χ4v) is 3.65. The van der Waals surface area contributed by atoms with Gasteiger partial charge in [0.15, 0.2) is 0 Å². The number of hydrogen-bond acceptors (Lipinski definition) is 5. The Hall–Kier alpha value is -3.36. The van der Waals surface area contributed by atoms with Gasteiger partial charge >= 0.3 is 6.18 Å². The van der Waals surface area contributed by atoms with Crippen LogP contribution in [0.4, 0.5) is 13.2 Å². The molecule has 0 unspecified atom stereocenters. The van der Waals surface area contributed by atoms with E-state index in [1.165, 1.54) is 12.1 Å². The van der Waals surface area contributed by atoms with Crippen molar-refractivity contribution in [2.45, 2.75) is 31.5 Å². The number of amides is 1. The average Bonchev–Trinajstić information content (AvgIpc) is 3.28. The van der Waals surface area contributed by atoms with Gasteiger partial charge in [0, 0.05) is 17.7 Å². The van der Waals surface area contributed by atoms with Gasteiger partial charge in [-0.15, -0.1) is 0 Å². The molecular weight excluding hydrogens is 411 g/mol. The zero-order valence-corrected chi connectivity index (χ0v) is 16.7. The molecule has 1 atom stereocenters. The summed E-state index contributed by atoms with van der Waals surface area (Å²) >= 11 is 0. The van der Waals surface area contributed by atoms with Gasteiger partial charge in [0.25, 0.3) is 5.91 Å². The number of aromatic nitrogens is 2. The molecule has 9 heteroatoms. The van der Waals surface area contributed by atoms with Gasteiger partial charge in [-0.2, -0.15) is 18.2 Å². The number of carbonyl (C=O) groups is 1. The lowest BCUT2D eigenvalue weighted by molar-refractivity contribution is -0.137. The molecule has 1 fully saturated rings. The van der Waals surface area contributed by atoms with Crippen molar-refractivity contribution < 1.29 is 27.2 Å². The number of ether oxygens (including phenoxy) is 1. The lowest BCUT2D eigenvalue weighted by Crippen LogP contribution is -2.38. The maximum absolute atomic E-state index is 13.0. The molecule has 1 aliphatic rings. The SMILES string of the molecule is COc1cccc(-c2noc([C@H]3CCCCN3C(=O)c3ccc(C(F)(F)F)cc3)n2)c1. The highest BCUT2D eigenvalue weighted by atomic mass is 19.4. The van der Waals surface area contributed by atoms with E-state index in [1.807, 2.05) is 12.1 Å². The minimum Gasteiger partial charge on any atom is -0.497 e. The Kier molecular flexibility index (Phi) is 5.67. The average molecular weight is 431 g/mol. The van der Waals surface area contributed by atoms with Gasteiger partial charge in [-0.05, 0) is 55.7 Å². The number of rotatable bonds is 4. The fourth-order valence-electron chi connectivity index (χ4n) is 3.65. The van der Waals surface area contributed by atoms with Gasteiger partial charge in [0.1, 0.15) is 11.8 Å². The van der Waals surface area contributed by atoms with Crippen molar-refractivity contribution in [2.24, 2.45) is 0 Å². The first-order chi connectivity index (χ1) is 14.9. The van der Waals surface area contributed by atoms with E-state index in [-0.39, 0.29) is 11.5 Å². The molecule has 6 nitrogen and oxygen atoms in total. The van der Waals surface area contributed by atoms with E-state index in [0.29, 0.717) is 36.0 Å². The number of halogens is 3. The summed E-state index contributed by atoms with van der Waals surface area (Å²) in [5.74, 6) is 0.972. The van der Waals surface area contributed by atoms with Gasteiger partial charge in [0.05, 0.1) is 12.7 Å². The molecule has 1 aromatic heterocycles. The van der Waals surface area contributed by atoms with Gasteiger partial charge in [-0.1, -0.05) is 17.3 Å². The van der Waals surface area contributed by atoms with Crippen LogP contribution < -0.4 is 4.74 Å². The number of hydrogen-bond donors (Lipinski definition) is 0. The summed E-state index contributed by atoms with van der Waals surface area (Å²) in [5.41, 5.74) is 0.109. The number of methoxy groups -OCH3 is 1. The Morgan fingerprint density at radius 2 is 1.94 bits per heavy atom. The predicted molar refractivity (Wildman–Crippen MR) is 105 cm³/mol. The van der Waals surface area contributed by atoms with Crippen molar-refractivity contribution in [1.82, 2.24) is 15.0 Å². The number of nitrogens with zero attached hydrogens (tertiary/aromatic N) is 3. The predicted octanol–water partition coefficient (Wildman–Crippen LogP) is 5.13. The Morgan fingerprint density at radius 3 is 2.65 bits per heavy atom. The topological polar surface area (TPSA) is 68.5 Å². The summed E-state index contributed by atoms with van der Waals surface area (Å²) < 4.78 is 49.1. The van der Waals surface area contributed by atoms with Crippen molar-refractivity contribution in [3.05, 3.63) is 65.5 Å². The van der Waals surface area contributed by atoms with Crippen LogP contribution in [0.2, 0.25) is 0 Å². The summed E-state index contributed by atoms with van der Waals surface area (Å²) in [6.45, 7) is 0.460. The van der Waals surface area contributed by atoms with Crippen LogP contribution in [0.15, 0.2) is 53.1 Å². The second kappa shape index (κ2) is 8.41. The summed E-state index contributed by atoms with van der Waals surface area (Å²) in [6, 6.07) is 11.0. The second-order valence-corrected chi connectivity index (χ2v) is 7.27. The van der Waals surface area contributed by atoms with Crippen molar-refractivity contribution in [2.75, 3.05) is 13.7 Å². The summed E-state index contributed by atoms with van der Waals surface area (Å²) in [6.07, 6.45) is -2.15. The van der Waals surface area contributed by atoms with Crippen LogP contribution in [-0.2, 0) is 6.18 Å². The molecule has 0 radical (unpaired) electrons. The molecule has 0 aliphatic carbocycles. The van der Waals surface area contributed by atoms with Crippen molar-refractivity contribution in [3.8, 4) is 17.1 Å². The number of carbonyl (C=O) groups excluding carboxylic acids is 1. The standard InChI is InChI=1S/C22H20F3N3O3/c1-30-17-6-4-5-15(13-17)19-26-20(31-27-19)18-7-2-3-12-28(18)21(29)14-8-10-16(11-9-14)22(23,24)25/h4-6,8-11,13,18H,2-3,7,12H2,1H3/t18-/m1/s1. The normalized spacial score (nSPS) is 16.9. The first-order valence-corrected chi connectivity index (χ1v) is 9.83. The van der Waals surface area contributed by atoms with E-state index >= 15 is 0 Å². The Balaban J connectivity index is 1.58. The summed E-state index contributed by atoms with van der Waals surface area (Å²) in [4.78, 5) is 19.1. The summed E-state index contributed by atoms with van der Waals surface area (Å²) in [7, 11) is 1.56. The van der Waals surface area contributed by atoms with Crippen molar-refractivity contribution in [3.63, 3.8) is 0 Å². The maximum Gasteiger partial charge on any atom is 0.416 e. The van der Waals surface area contributed by atoms with Gasteiger partial charge < -0.3 is 14.2 Å². The van der Waals surface area contributed by atoms with E-state index in [9.17, 15) is 18.0 Å². The molecule has 0 bridgehead atoms. The third-order valence-corrected chi connectivity index (χ3v) is 5.28. The molecule has 3 aromatic rings. The number of piperidine rings is 1. The van der Waals surface area contributed by atoms with E-state index in [2.05, 4.69) is 10.1 Å². The molecule has 1 saturated heterocycles. The molecule has 31 heavy (non-hydrogen) atoms. The zero-order chi connectivity index (χ0) is 22.0. The van der Waals surface area contributed by atoms with Crippen LogP contribution in [-0.4, -0.2) is 34.6 Å². The molecular formula is C22H20F3N3O3. The van der Waals surface area contributed by atoms with E-state index < -0.39 is 17.8 Å². The van der Waals surface area contributed by atoms with Crippen molar-refractivity contribution in [1.29, 1.82) is 0 Å². The highest BCUT2D eigenvalue weighted by Crippen LogP contribution is 2.34. The molecule has 2 aromatic carbocycles. The first-order valence-electron chi connectivity index (χ1n) is 9.83. The maximum atomic E-state index is 13.0. The van der Waals surface area contributed by atoms with Crippen LogP contribution in [0, 0.1) is 0 Å². The van der Waals surface area contributed by atoms with E-state index in [4.69, 9.17) is 9.26 Å². The number of likely N-dealkylation sites (tertiary alicyclic amines) is 1. The molecule has 1 aliphatic heterocycles. The molecule has 2 heterocycles. The van der Waals surface area contributed by atoms with Crippen LogP contribution in [0.1, 0.15) is 47.1 Å². The van der Waals surface area contributed by atoms with Crippen LogP contribution in [0.3, 0.4) is 0 Å². The molecule has 4 rings (SSSR count). The van der Waals surface area contributed by atoms with Gasteiger partial charge in [0.2, 0.25) is 11.7 Å². The monoisotopic (exact) mass is 431 g/mol. The lowest BCUT2D eigenvalue weighted by atomic mass is 10.00. The Bertz CT molecular complexity index is 1060. The Labute approximate surface area is 176 Å². The minimum absolute atomic E-state index is 0.187. The molecule has 0 saturated carbocycles. The highest BCUT2D eigenvalue weighted by Gasteiger charge is 2.34. The zero-order valence-electron chi connectivity index (χ0n) is 16.7. The van der Waals surface area contributed by atoms with E-state index in [0.717, 1.165) is 25.0 Å². The quantitative estimate of drug-likeness (QED) is 0.573. The largest absolute Gasteiger partial charge is 0.497 e. The van der Waals surface area contributed by atoms with Crippen LogP contribution in [0.5, 0.6) is 5.75 Å². The molecule has 0 spiro atoms. The lowest BCUT2D eigenvalue weighted by Gasteiger charge is -2.33. The number of benzene rings is 2. The third kappa shape index (κ3) is 4.40. The number of alkyl halides is 3. The molecule has 162 valence electrons. The second-order valence-electron chi connectivity index (χ2n) is 7.27. The van der Waals surface area contributed by atoms with Crippen LogP contribution >= 0.6 is 0 Å². The van der Waals surface area contributed by atoms with Crippen molar-refractivity contribution >= 4 is 5.91 Å². The fraction of sp³-hybridized carbons (Fsp3) is 0.318. The third-order valence-electron chi connectivity index (χ3n) is 5.28. The smallest absolute Gasteiger partial charge is 0.416 e. The first kappa shape index (κ1) is 20.9. The van der Waals surface area contributed by atoms with E-state index in [1.54, 1.807) is 24.1 Å². The van der Waals surface area contributed by atoms with Crippen LogP contribution in [0.25, 0.3) is 11.4 Å². The van der Waals surface area contributed by atoms with Gasteiger partial charge in [-0.3, -0.25) is 4.79 Å². The highest BCUT2D eigenvalue weighted by molar-refractivity contribution is 5.94. The minimum atomic E-state index is -4.45.